The molecule has 0 saturated heterocycles. The molecule has 0 spiro atoms. The van der Waals surface area contributed by atoms with Crippen LogP contribution in [0.1, 0.15) is 5.82 Å². The number of imidazole rings is 1. The number of sulfonamides is 1. The number of aromatic nitrogens is 2. The summed E-state index contributed by atoms with van der Waals surface area (Å²) < 4.78 is 26.2. The van der Waals surface area contributed by atoms with Crippen molar-refractivity contribution < 1.29 is 13.3 Å². The smallest absolute Gasteiger partial charge is 0.288 e. The molecule has 0 bridgehead atoms. The summed E-state index contributed by atoms with van der Waals surface area (Å²) in [4.78, 5) is 16.3. The average molecular weight is 317 g/mol. The topological polar surface area (TPSA) is 118 Å². The summed E-state index contributed by atoms with van der Waals surface area (Å²) in [7, 11) is -3.84. The van der Waals surface area contributed by atoms with E-state index in [0.29, 0.717) is 5.82 Å². The Morgan fingerprint density at radius 1 is 1.45 bits per heavy atom. The summed E-state index contributed by atoms with van der Waals surface area (Å²) in [5.74, 6) is 0.451. The molecular formula is C10H9ClN4O4S. The number of H-pyrrole nitrogens is 1. The Hall–Kier alpha value is -2.13. The van der Waals surface area contributed by atoms with E-state index in [9.17, 15) is 18.5 Å². The molecule has 2 aromatic rings. The van der Waals surface area contributed by atoms with E-state index in [-0.39, 0.29) is 21.4 Å². The van der Waals surface area contributed by atoms with Gasteiger partial charge in [-0.3, -0.25) is 14.8 Å². The maximum absolute atomic E-state index is 12.0. The van der Waals surface area contributed by atoms with Crippen molar-refractivity contribution in [3.8, 4) is 0 Å². The van der Waals surface area contributed by atoms with Crippen LogP contribution >= 0.6 is 11.6 Å². The van der Waals surface area contributed by atoms with Gasteiger partial charge in [0.2, 0.25) is 0 Å². The zero-order valence-corrected chi connectivity index (χ0v) is 11.7. The van der Waals surface area contributed by atoms with Crippen LogP contribution < -0.4 is 4.72 Å². The van der Waals surface area contributed by atoms with Crippen molar-refractivity contribution in [2.24, 2.45) is 0 Å². The normalized spacial score (nSPS) is 11.3. The average Bonchev–Trinajstić information content (AvgIpc) is 2.75. The van der Waals surface area contributed by atoms with Crippen molar-refractivity contribution in [2.45, 2.75) is 11.9 Å². The molecule has 2 rings (SSSR count). The lowest BCUT2D eigenvalue weighted by atomic mass is 10.3. The lowest BCUT2D eigenvalue weighted by molar-refractivity contribution is -0.384. The second kappa shape index (κ2) is 5.10. The second-order valence-electron chi connectivity index (χ2n) is 3.86. The van der Waals surface area contributed by atoms with Crippen LogP contribution in [0.2, 0.25) is 5.02 Å². The Balaban J connectivity index is 2.30. The Kier molecular flexibility index (Phi) is 3.64. The van der Waals surface area contributed by atoms with E-state index < -0.39 is 14.9 Å². The number of hydrogen-bond donors (Lipinski definition) is 2. The van der Waals surface area contributed by atoms with Crippen molar-refractivity contribution in [3.63, 3.8) is 0 Å². The molecule has 0 fully saturated rings. The van der Waals surface area contributed by atoms with E-state index >= 15 is 0 Å². The monoisotopic (exact) mass is 316 g/mol. The molecule has 0 amide bonds. The summed E-state index contributed by atoms with van der Waals surface area (Å²) in [6, 6.07) is 3.55. The SMILES string of the molecule is Cc1ncc(S(=O)(=O)Nc2ccc([N+](=O)[O-])c(Cl)c2)[nH]1. The molecule has 106 valence electrons. The Labute approximate surface area is 119 Å². The minimum Gasteiger partial charge on any atom is -0.332 e. The molecular weight excluding hydrogens is 308 g/mol. The molecule has 1 aromatic heterocycles. The fourth-order valence-corrected chi connectivity index (χ4v) is 2.73. The number of hydrogen-bond acceptors (Lipinski definition) is 5. The number of benzene rings is 1. The molecule has 0 aliphatic rings. The Bertz CT molecular complexity index is 771. The number of halogens is 1. The van der Waals surface area contributed by atoms with Gasteiger partial charge < -0.3 is 4.98 Å². The number of anilines is 1. The van der Waals surface area contributed by atoms with Crippen LogP contribution in [0, 0.1) is 17.0 Å². The zero-order chi connectivity index (χ0) is 14.9. The van der Waals surface area contributed by atoms with Crippen LogP contribution in [-0.2, 0) is 10.0 Å². The highest BCUT2D eigenvalue weighted by atomic mass is 35.5. The first-order chi connectivity index (χ1) is 9.29. The van der Waals surface area contributed by atoms with Crippen molar-refractivity contribution >= 4 is 33.0 Å². The van der Waals surface area contributed by atoms with E-state index in [1.54, 1.807) is 6.92 Å². The Morgan fingerprint density at radius 3 is 2.65 bits per heavy atom. The first-order valence-corrected chi connectivity index (χ1v) is 7.14. The summed E-state index contributed by atoms with van der Waals surface area (Å²) >= 11 is 5.71. The van der Waals surface area contributed by atoms with Gasteiger partial charge in [0.15, 0.2) is 5.03 Å². The van der Waals surface area contributed by atoms with Crippen molar-refractivity contribution in [1.82, 2.24) is 9.97 Å². The maximum Gasteiger partial charge on any atom is 0.288 e. The summed E-state index contributed by atoms with van der Waals surface area (Å²) in [6.07, 6.45) is 1.17. The van der Waals surface area contributed by atoms with Gasteiger partial charge in [0.05, 0.1) is 16.8 Å². The van der Waals surface area contributed by atoms with Gasteiger partial charge in [0.25, 0.3) is 15.7 Å². The van der Waals surface area contributed by atoms with Crippen LogP contribution in [0.3, 0.4) is 0 Å². The predicted octanol–water partition coefficient (Wildman–Crippen LogP) is 2.08. The molecule has 10 heteroatoms. The number of rotatable bonds is 4. The maximum atomic E-state index is 12.0. The molecule has 0 aliphatic heterocycles. The van der Waals surface area contributed by atoms with Gasteiger partial charge in [-0.25, -0.2) is 4.98 Å². The Morgan fingerprint density at radius 2 is 2.15 bits per heavy atom. The second-order valence-corrected chi connectivity index (χ2v) is 5.92. The standard InChI is InChI=1S/C10H9ClN4O4S/c1-6-12-5-10(13-6)20(18,19)14-7-2-3-9(15(16)17)8(11)4-7/h2-5,14H,1H3,(H,12,13). The lowest BCUT2D eigenvalue weighted by Crippen LogP contribution is -2.13. The van der Waals surface area contributed by atoms with Crippen molar-refractivity contribution in [1.29, 1.82) is 0 Å². The molecule has 0 unspecified atom stereocenters. The van der Waals surface area contributed by atoms with Gasteiger partial charge in [-0.15, -0.1) is 0 Å². The lowest BCUT2D eigenvalue weighted by Gasteiger charge is -2.06. The molecule has 1 heterocycles. The van der Waals surface area contributed by atoms with Crippen LogP contribution in [0.25, 0.3) is 0 Å². The summed E-state index contributed by atoms with van der Waals surface area (Å²) in [6.45, 7) is 1.61. The molecule has 8 nitrogen and oxygen atoms in total. The van der Waals surface area contributed by atoms with E-state index in [1.807, 2.05) is 0 Å². The molecule has 20 heavy (non-hydrogen) atoms. The molecule has 2 N–H and O–H groups in total. The summed E-state index contributed by atoms with van der Waals surface area (Å²) in [5.41, 5.74) is -0.181. The molecule has 0 aliphatic carbocycles. The van der Waals surface area contributed by atoms with Crippen LogP contribution in [0.4, 0.5) is 11.4 Å². The van der Waals surface area contributed by atoms with Crippen LogP contribution in [0.15, 0.2) is 29.4 Å². The van der Waals surface area contributed by atoms with Crippen LogP contribution in [0.5, 0.6) is 0 Å². The highest BCUT2D eigenvalue weighted by Gasteiger charge is 2.18. The van der Waals surface area contributed by atoms with E-state index in [1.165, 1.54) is 18.3 Å². The minimum atomic E-state index is -3.84. The third-order valence-corrected chi connectivity index (χ3v) is 3.96. The van der Waals surface area contributed by atoms with Gasteiger partial charge >= 0.3 is 0 Å². The van der Waals surface area contributed by atoms with Gasteiger partial charge in [-0.1, -0.05) is 11.6 Å². The summed E-state index contributed by atoms with van der Waals surface area (Å²) in [5, 5.41) is 10.3. The van der Waals surface area contributed by atoms with Gasteiger partial charge in [0, 0.05) is 6.07 Å². The largest absolute Gasteiger partial charge is 0.332 e. The highest BCUT2D eigenvalue weighted by Crippen LogP contribution is 2.28. The number of nitrogens with one attached hydrogen (secondary N) is 2. The van der Waals surface area contributed by atoms with Crippen molar-refractivity contribution in [2.75, 3.05) is 4.72 Å². The van der Waals surface area contributed by atoms with Gasteiger partial charge in [-0.05, 0) is 19.1 Å². The molecule has 0 radical (unpaired) electrons. The zero-order valence-electron chi connectivity index (χ0n) is 10.1. The fraction of sp³-hybridized carbons (Fsp3) is 0.100. The molecule has 1 aromatic carbocycles. The molecule has 0 saturated carbocycles. The number of aryl methyl sites for hydroxylation is 1. The number of nitro benzene ring substituents is 1. The van der Waals surface area contributed by atoms with E-state index in [0.717, 1.165) is 6.07 Å². The first-order valence-electron chi connectivity index (χ1n) is 5.28. The third-order valence-electron chi connectivity index (χ3n) is 2.37. The van der Waals surface area contributed by atoms with E-state index in [2.05, 4.69) is 14.7 Å². The van der Waals surface area contributed by atoms with E-state index in [4.69, 9.17) is 11.6 Å². The third kappa shape index (κ3) is 2.89. The first kappa shape index (κ1) is 14.3. The number of nitro groups is 1. The quantitative estimate of drug-likeness (QED) is 0.661. The highest BCUT2D eigenvalue weighted by molar-refractivity contribution is 7.92. The molecule has 0 atom stereocenters. The minimum absolute atomic E-state index is 0.107. The number of aromatic amines is 1. The van der Waals surface area contributed by atoms with Gasteiger partial charge in [-0.2, -0.15) is 8.42 Å². The fourth-order valence-electron chi connectivity index (χ4n) is 1.46. The predicted molar refractivity (Wildman–Crippen MR) is 72.2 cm³/mol. The van der Waals surface area contributed by atoms with Crippen LogP contribution in [-0.4, -0.2) is 23.3 Å². The number of nitrogens with zero attached hydrogens (tertiary/aromatic N) is 2. The van der Waals surface area contributed by atoms with Gasteiger partial charge in [0.1, 0.15) is 10.8 Å². The van der Waals surface area contributed by atoms with Crippen molar-refractivity contribution in [3.05, 3.63) is 45.4 Å².